The Labute approximate surface area is 104 Å². The van der Waals surface area contributed by atoms with Crippen LogP contribution in [-0.4, -0.2) is 35.0 Å². The number of hydrogen-bond donors (Lipinski definition) is 1. The first kappa shape index (κ1) is 13.0. The van der Waals surface area contributed by atoms with Gasteiger partial charge in [0.05, 0.1) is 12.1 Å². The summed E-state index contributed by atoms with van der Waals surface area (Å²) in [6, 6.07) is 6.69. The van der Waals surface area contributed by atoms with Crippen molar-refractivity contribution >= 4 is 5.97 Å². The fourth-order valence-electron chi connectivity index (χ4n) is 2.00. The van der Waals surface area contributed by atoms with E-state index in [2.05, 4.69) is 0 Å². The number of rotatable bonds is 6. The van der Waals surface area contributed by atoms with Gasteiger partial charge < -0.3 is 5.11 Å². The zero-order valence-electron chi connectivity index (χ0n) is 9.85. The number of carbonyl (C=O) groups is 1. The van der Waals surface area contributed by atoms with Crippen molar-refractivity contribution in [1.29, 1.82) is 0 Å². The number of nitrogens with zero attached hydrogens (tertiary/aromatic N) is 1. The average Bonchev–Trinajstić information content (AvgIpc) is 3.11. The molecule has 18 heavy (non-hydrogen) atoms. The Morgan fingerprint density at radius 3 is 2.72 bits per heavy atom. The molecule has 1 aromatic carbocycles. The van der Waals surface area contributed by atoms with E-state index in [1.807, 2.05) is 0 Å². The van der Waals surface area contributed by atoms with E-state index in [4.69, 9.17) is 5.11 Å². The third-order valence-corrected chi connectivity index (χ3v) is 3.00. The molecule has 1 saturated carbocycles. The Hall–Kier alpha value is -1.49. The molecule has 1 aliphatic carbocycles. The van der Waals surface area contributed by atoms with Gasteiger partial charge in [-0.3, -0.25) is 4.90 Å². The number of alkyl halides is 2. The highest BCUT2D eigenvalue weighted by Crippen LogP contribution is 2.29. The second-order valence-corrected chi connectivity index (χ2v) is 4.56. The molecule has 5 heteroatoms. The zero-order chi connectivity index (χ0) is 13.1. The molecule has 1 N–H and O–H groups in total. The lowest BCUT2D eigenvalue weighted by molar-refractivity contribution is 0.0694. The van der Waals surface area contributed by atoms with Gasteiger partial charge in [0.25, 0.3) is 6.43 Å². The van der Waals surface area contributed by atoms with E-state index in [0.29, 0.717) is 6.54 Å². The quantitative estimate of drug-likeness (QED) is 0.849. The van der Waals surface area contributed by atoms with Crippen LogP contribution in [0.25, 0.3) is 0 Å². The topological polar surface area (TPSA) is 40.5 Å². The monoisotopic (exact) mass is 255 g/mol. The standard InChI is InChI=1S/C13H15F2NO2/c14-12(15)8-16(11-4-5-11)7-9-2-1-3-10(6-9)13(17)18/h1-3,6,11-12H,4-5,7-8H2,(H,17,18). The van der Waals surface area contributed by atoms with Gasteiger partial charge in [-0.1, -0.05) is 12.1 Å². The summed E-state index contributed by atoms with van der Waals surface area (Å²) in [6.07, 6.45) is -0.454. The zero-order valence-corrected chi connectivity index (χ0v) is 9.85. The van der Waals surface area contributed by atoms with Gasteiger partial charge in [0.15, 0.2) is 0 Å². The van der Waals surface area contributed by atoms with Crippen molar-refractivity contribution in [3.05, 3.63) is 35.4 Å². The summed E-state index contributed by atoms with van der Waals surface area (Å²) >= 11 is 0. The van der Waals surface area contributed by atoms with Crippen molar-refractivity contribution in [2.75, 3.05) is 6.54 Å². The maximum Gasteiger partial charge on any atom is 0.335 e. The molecule has 0 amide bonds. The van der Waals surface area contributed by atoms with Crippen molar-refractivity contribution in [3.8, 4) is 0 Å². The van der Waals surface area contributed by atoms with E-state index < -0.39 is 12.4 Å². The fraction of sp³-hybridized carbons (Fsp3) is 0.462. The highest BCUT2D eigenvalue weighted by Gasteiger charge is 2.30. The van der Waals surface area contributed by atoms with E-state index in [9.17, 15) is 13.6 Å². The van der Waals surface area contributed by atoms with Crippen molar-refractivity contribution in [2.45, 2.75) is 31.9 Å². The van der Waals surface area contributed by atoms with E-state index in [1.165, 1.54) is 6.07 Å². The number of aromatic carboxylic acids is 1. The Morgan fingerprint density at radius 1 is 1.44 bits per heavy atom. The number of hydrogen-bond acceptors (Lipinski definition) is 2. The predicted octanol–water partition coefficient (Wildman–Crippen LogP) is 2.61. The van der Waals surface area contributed by atoms with Crippen LogP contribution in [0.3, 0.4) is 0 Å². The van der Waals surface area contributed by atoms with Gasteiger partial charge >= 0.3 is 5.97 Å². The first-order valence-electron chi connectivity index (χ1n) is 5.90. The third kappa shape index (κ3) is 3.50. The van der Waals surface area contributed by atoms with Crippen LogP contribution in [0.1, 0.15) is 28.8 Å². The molecular formula is C13H15F2NO2. The van der Waals surface area contributed by atoms with E-state index in [0.717, 1.165) is 18.4 Å². The summed E-state index contributed by atoms with van der Waals surface area (Å²) in [6.45, 7) is 0.137. The Morgan fingerprint density at radius 2 is 2.17 bits per heavy atom. The van der Waals surface area contributed by atoms with Gasteiger partial charge in [-0.05, 0) is 30.5 Å². The lowest BCUT2D eigenvalue weighted by atomic mass is 10.1. The summed E-state index contributed by atoms with van der Waals surface area (Å²) in [4.78, 5) is 12.6. The molecule has 0 radical (unpaired) electrons. The molecule has 0 aromatic heterocycles. The van der Waals surface area contributed by atoms with Crippen LogP contribution in [0.5, 0.6) is 0 Å². The molecule has 0 spiro atoms. The summed E-state index contributed by atoms with van der Waals surface area (Å²) in [5, 5.41) is 8.88. The van der Waals surface area contributed by atoms with Crippen LogP contribution >= 0.6 is 0 Å². The molecule has 1 aliphatic rings. The van der Waals surface area contributed by atoms with Gasteiger partial charge in [0.1, 0.15) is 0 Å². The maximum atomic E-state index is 12.4. The number of benzene rings is 1. The van der Waals surface area contributed by atoms with E-state index in [-0.39, 0.29) is 18.2 Å². The molecule has 0 heterocycles. The fourth-order valence-corrected chi connectivity index (χ4v) is 2.00. The first-order chi connectivity index (χ1) is 8.56. The van der Waals surface area contributed by atoms with Crippen molar-refractivity contribution in [1.82, 2.24) is 4.90 Å². The smallest absolute Gasteiger partial charge is 0.335 e. The van der Waals surface area contributed by atoms with Crippen molar-refractivity contribution < 1.29 is 18.7 Å². The molecule has 0 bridgehead atoms. The largest absolute Gasteiger partial charge is 0.478 e. The van der Waals surface area contributed by atoms with E-state index in [1.54, 1.807) is 23.1 Å². The average molecular weight is 255 g/mol. The molecule has 0 saturated heterocycles. The molecular weight excluding hydrogens is 240 g/mol. The highest BCUT2D eigenvalue weighted by atomic mass is 19.3. The molecule has 1 aromatic rings. The van der Waals surface area contributed by atoms with Gasteiger partial charge in [0, 0.05) is 12.6 Å². The number of halogens is 2. The summed E-state index contributed by atoms with van der Waals surface area (Å²) in [7, 11) is 0. The molecule has 1 fully saturated rings. The van der Waals surface area contributed by atoms with Crippen molar-refractivity contribution in [2.24, 2.45) is 0 Å². The molecule has 0 unspecified atom stereocenters. The predicted molar refractivity (Wildman–Crippen MR) is 62.8 cm³/mol. The minimum absolute atomic E-state index is 0.195. The maximum absolute atomic E-state index is 12.4. The Kier molecular flexibility index (Phi) is 3.91. The second kappa shape index (κ2) is 5.44. The Balaban J connectivity index is 2.06. The third-order valence-electron chi connectivity index (χ3n) is 3.00. The normalized spacial score (nSPS) is 15.3. The summed E-state index contributed by atoms with van der Waals surface area (Å²) < 4.78 is 24.9. The molecule has 0 aliphatic heterocycles. The molecule has 0 atom stereocenters. The molecule has 3 nitrogen and oxygen atoms in total. The number of carboxylic acid groups (broad SMARTS) is 1. The minimum atomic E-state index is -2.35. The van der Waals surface area contributed by atoms with Crippen LogP contribution in [0.15, 0.2) is 24.3 Å². The molecule has 2 rings (SSSR count). The molecule has 98 valence electrons. The van der Waals surface area contributed by atoms with Crippen LogP contribution in [-0.2, 0) is 6.54 Å². The number of carboxylic acids is 1. The lowest BCUT2D eigenvalue weighted by Gasteiger charge is -2.21. The summed E-state index contributed by atoms with van der Waals surface area (Å²) in [5.41, 5.74) is 0.961. The van der Waals surface area contributed by atoms with Gasteiger partial charge in [-0.15, -0.1) is 0 Å². The van der Waals surface area contributed by atoms with Crippen LogP contribution < -0.4 is 0 Å². The van der Waals surface area contributed by atoms with Crippen LogP contribution in [0.4, 0.5) is 8.78 Å². The first-order valence-corrected chi connectivity index (χ1v) is 5.90. The SMILES string of the molecule is O=C(O)c1cccc(CN(CC(F)F)C2CC2)c1. The summed E-state index contributed by atoms with van der Waals surface area (Å²) in [5.74, 6) is -0.997. The highest BCUT2D eigenvalue weighted by molar-refractivity contribution is 5.87. The second-order valence-electron chi connectivity index (χ2n) is 4.56. The van der Waals surface area contributed by atoms with E-state index >= 15 is 0 Å². The van der Waals surface area contributed by atoms with Gasteiger partial charge in [-0.2, -0.15) is 0 Å². The van der Waals surface area contributed by atoms with Gasteiger partial charge in [0.2, 0.25) is 0 Å². The Bertz CT molecular complexity index is 433. The van der Waals surface area contributed by atoms with Crippen LogP contribution in [0.2, 0.25) is 0 Å². The van der Waals surface area contributed by atoms with Crippen LogP contribution in [0, 0.1) is 0 Å². The lowest BCUT2D eigenvalue weighted by Crippen LogP contribution is -2.30. The van der Waals surface area contributed by atoms with Crippen molar-refractivity contribution in [3.63, 3.8) is 0 Å². The van der Waals surface area contributed by atoms with Gasteiger partial charge in [-0.25, -0.2) is 13.6 Å². The minimum Gasteiger partial charge on any atom is -0.478 e.